The summed E-state index contributed by atoms with van der Waals surface area (Å²) in [7, 11) is -3.85. The van der Waals surface area contributed by atoms with Crippen molar-refractivity contribution in [3.63, 3.8) is 0 Å². The lowest BCUT2D eigenvalue weighted by molar-refractivity contribution is 0.210. The van der Waals surface area contributed by atoms with Gasteiger partial charge in [-0.25, -0.2) is 12.8 Å². The maximum atomic E-state index is 13.6. The summed E-state index contributed by atoms with van der Waals surface area (Å²) >= 11 is 3.45. The zero-order chi connectivity index (χ0) is 18.5. The predicted molar refractivity (Wildman–Crippen MR) is 99.8 cm³/mol. The van der Waals surface area contributed by atoms with Crippen molar-refractivity contribution in [2.75, 3.05) is 18.5 Å². The molecule has 0 radical (unpaired) electrons. The third kappa shape index (κ3) is 2.85. The average Bonchev–Trinajstić information content (AvgIpc) is 3.07. The summed E-state index contributed by atoms with van der Waals surface area (Å²) in [6, 6.07) is 10.1. The second-order valence-corrected chi connectivity index (χ2v) is 9.44. The Labute approximate surface area is 160 Å². The molecule has 0 unspecified atom stereocenters. The Morgan fingerprint density at radius 3 is 2.81 bits per heavy atom. The first-order chi connectivity index (χ1) is 12.4. The second-order valence-electron chi connectivity index (χ2n) is 6.64. The molecule has 8 heteroatoms. The highest BCUT2D eigenvalue weighted by molar-refractivity contribution is 9.10. The molecular weight excluding hydrogens is 423 g/mol. The van der Waals surface area contributed by atoms with Crippen molar-refractivity contribution in [2.45, 2.75) is 23.4 Å². The topological polar surface area (TPSA) is 69.6 Å². The largest absolute Gasteiger partial charge is 0.394 e. The fraction of sp³-hybridized carbons (Fsp3) is 0.333. The Bertz CT molecular complexity index is 953. The third-order valence-electron chi connectivity index (χ3n) is 5.19. The van der Waals surface area contributed by atoms with E-state index < -0.39 is 21.9 Å². The molecule has 0 bridgehead atoms. The number of benzene rings is 2. The quantitative estimate of drug-likeness (QED) is 0.768. The fourth-order valence-corrected chi connectivity index (χ4v) is 6.10. The summed E-state index contributed by atoms with van der Waals surface area (Å²) in [4.78, 5) is -0.0474. The first-order valence-corrected chi connectivity index (χ1v) is 10.6. The van der Waals surface area contributed by atoms with Gasteiger partial charge >= 0.3 is 0 Å². The van der Waals surface area contributed by atoms with Crippen LogP contribution in [0.25, 0.3) is 0 Å². The molecule has 0 saturated carbocycles. The zero-order valence-corrected chi connectivity index (χ0v) is 16.2. The van der Waals surface area contributed by atoms with Gasteiger partial charge in [0.15, 0.2) is 0 Å². The van der Waals surface area contributed by atoms with E-state index >= 15 is 0 Å². The van der Waals surface area contributed by atoms with E-state index in [0.29, 0.717) is 13.0 Å². The van der Waals surface area contributed by atoms with Crippen molar-refractivity contribution in [2.24, 2.45) is 5.92 Å². The third-order valence-corrected chi connectivity index (χ3v) is 7.56. The van der Waals surface area contributed by atoms with Crippen LogP contribution in [0.3, 0.4) is 0 Å². The number of halogens is 2. The number of nitrogens with zero attached hydrogens (tertiary/aromatic N) is 1. The summed E-state index contributed by atoms with van der Waals surface area (Å²) in [5, 5.41) is 13.1. The fourth-order valence-electron chi connectivity index (χ4n) is 4.02. The van der Waals surface area contributed by atoms with E-state index in [-0.39, 0.29) is 23.5 Å². The number of hydrogen-bond acceptors (Lipinski definition) is 4. The highest BCUT2D eigenvalue weighted by Crippen LogP contribution is 2.48. The molecule has 0 aliphatic carbocycles. The minimum Gasteiger partial charge on any atom is -0.394 e. The van der Waals surface area contributed by atoms with Crippen molar-refractivity contribution < 1.29 is 17.9 Å². The number of aliphatic hydroxyl groups excluding tert-OH is 1. The van der Waals surface area contributed by atoms with Crippen LogP contribution in [-0.4, -0.2) is 37.0 Å². The molecule has 2 aliphatic rings. The van der Waals surface area contributed by atoms with Gasteiger partial charge in [0, 0.05) is 22.6 Å². The van der Waals surface area contributed by atoms with Crippen LogP contribution < -0.4 is 5.32 Å². The number of nitrogens with one attached hydrogen (secondary N) is 1. The highest BCUT2D eigenvalue weighted by Gasteiger charge is 2.48. The maximum Gasteiger partial charge on any atom is 0.243 e. The summed E-state index contributed by atoms with van der Waals surface area (Å²) < 4.78 is 42.3. The molecule has 1 fully saturated rings. The summed E-state index contributed by atoms with van der Waals surface area (Å²) in [6.07, 6.45) is 0.628. The van der Waals surface area contributed by atoms with E-state index in [1.165, 1.54) is 22.5 Å². The van der Waals surface area contributed by atoms with E-state index in [9.17, 15) is 17.9 Å². The SMILES string of the molecule is O=S(=O)(c1cccc(F)c1)N1CC[C@@H]2[C@H]1c1cc(Br)ccc1N[C@@H]2CO. The number of fused-ring (bicyclic) bond motifs is 3. The molecule has 2 heterocycles. The van der Waals surface area contributed by atoms with Gasteiger partial charge in [0.1, 0.15) is 5.82 Å². The lowest BCUT2D eigenvalue weighted by Gasteiger charge is -2.38. The molecule has 2 N–H and O–H groups in total. The molecular formula is C18H18BrFN2O3S. The van der Waals surface area contributed by atoms with Gasteiger partial charge in [-0.05, 0) is 48.4 Å². The molecule has 0 aromatic heterocycles. The first-order valence-electron chi connectivity index (χ1n) is 8.36. The Morgan fingerprint density at radius 1 is 1.27 bits per heavy atom. The van der Waals surface area contributed by atoms with Crippen LogP contribution in [0.15, 0.2) is 51.8 Å². The van der Waals surface area contributed by atoms with Gasteiger partial charge in [0.05, 0.1) is 23.6 Å². The Hall–Kier alpha value is -1.48. The zero-order valence-electron chi connectivity index (χ0n) is 13.8. The molecule has 4 rings (SSSR count). The molecule has 2 aromatic rings. The molecule has 0 amide bonds. The predicted octanol–water partition coefficient (Wildman–Crippen LogP) is 3.13. The first kappa shape index (κ1) is 17.9. The summed E-state index contributed by atoms with van der Waals surface area (Å²) in [5.41, 5.74) is 1.68. The molecule has 26 heavy (non-hydrogen) atoms. The lowest BCUT2D eigenvalue weighted by Crippen LogP contribution is -2.42. The van der Waals surface area contributed by atoms with Crippen molar-refractivity contribution >= 4 is 31.6 Å². The molecule has 2 aromatic carbocycles. The van der Waals surface area contributed by atoms with Crippen molar-refractivity contribution in [1.82, 2.24) is 4.31 Å². The number of anilines is 1. The Morgan fingerprint density at radius 2 is 2.08 bits per heavy atom. The van der Waals surface area contributed by atoms with Gasteiger partial charge in [-0.3, -0.25) is 0 Å². The van der Waals surface area contributed by atoms with Crippen LogP contribution in [0.5, 0.6) is 0 Å². The molecule has 5 nitrogen and oxygen atoms in total. The summed E-state index contributed by atoms with van der Waals surface area (Å²) in [6.45, 7) is 0.253. The van der Waals surface area contributed by atoms with E-state index in [4.69, 9.17) is 0 Å². The smallest absolute Gasteiger partial charge is 0.243 e. The van der Waals surface area contributed by atoms with Crippen LogP contribution >= 0.6 is 15.9 Å². The maximum absolute atomic E-state index is 13.6. The average molecular weight is 441 g/mol. The van der Waals surface area contributed by atoms with E-state index in [1.54, 1.807) is 0 Å². The molecule has 2 aliphatic heterocycles. The van der Waals surface area contributed by atoms with E-state index in [2.05, 4.69) is 21.2 Å². The van der Waals surface area contributed by atoms with Gasteiger partial charge in [0.25, 0.3) is 0 Å². The lowest BCUT2D eigenvalue weighted by atomic mass is 9.84. The Balaban J connectivity index is 1.82. The van der Waals surface area contributed by atoms with Gasteiger partial charge in [-0.15, -0.1) is 0 Å². The summed E-state index contributed by atoms with van der Waals surface area (Å²) in [5.74, 6) is -0.631. The molecule has 1 saturated heterocycles. The van der Waals surface area contributed by atoms with Gasteiger partial charge in [0.2, 0.25) is 10.0 Å². The number of aliphatic hydroxyl groups is 1. The van der Waals surface area contributed by atoms with Crippen molar-refractivity contribution in [1.29, 1.82) is 0 Å². The molecule has 138 valence electrons. The van der Waals surface area contributed by atoms with Crippen LogP contribution in [-0.2, 0) is 10.0 Å². The van der Waals surface area contributed by atoms with E-state index in [1.807, 2.05) is 18.2 Å². The minimum absolute atomic E-state index is 0.0474. The monoisotopic (exact) mass is 440 g/mol. The van der Waals surface area contributed by atoms with E-state index in [0.717, 1.165) is 21.8 Å². The second kappa shape index (κ2) is 6.60. The number of sulfonamides is 1. The van der Waals surface area contributed by atoms with Crippen LogP contribution in [0.1, 0.15) is 18.0 Å². The number of hydrogen-bond donors (Lipinski definition) is 2. The van der Waals surface area contributed by atoms with Crippen molar-refractivity contribution in [3.8, 4) is 0 Å². The minimum atomic E-state index is -3.85. The van der Waals surface area contributed by atoms with Crippen LogP contribution in [0, 0.1) is 11.7 Å². The van der Waals surface area contributed by atoms with Crippen molar-refractivity contribution in [3.05, 3.63) is 58.3 Å². The Kier molecular flexibility index (Phi) is 4.54. The number of rotatable bonds is 3. The molecule has 0 spiro atoms. The van der Waals surface area contributed by atoms with Crippen LogP contribution in [0.4, 0.5) is 10.1 Å². The normalized spacial score (nSPS) is 25.4. The van der Waals surface area contributed by atoms with Gasteiger partial charge < -0.3 is 10.4 Å². The van der Waals surface area contributed by atoms with Crippen LogP contribution in [0.2, 0.25) is 0 Å². The highest BCUT2D eigenvalue weighted by atomic mass is 79.9. The van der Waals surface area contributed by atoms with Gasteiger partial charge in [-0.2, -0.15) is 4.31 Å². The van der Waals surface area contributed by atoms with Gasteiger partial charge in [-0.1, -0.05) is 22.0 Å². The standard InChI is InChI=1S/C18H18BrFN2O3S/c19-11-4-5-16-15(8-11)18-14(17(10-23)21-16)6-7-22(18)26(24,25)13-3-1-2-12(20)9-13/h1-5,8-9,14,17-18,21,23H,6-7,10H2/t14-,17+,18-/m0/s1. The molecule has 3 atom stereocenters.